The molecule has 0 aromatic carbocycles. The second kappa shape index (κ2) is 14.0. The van der Waals surface area contributed by atoms with Crippen molar-refractivity contribution < 1.29 is 4.74 Å². The van der Waals surface area contributed by atoms with Gasteiger partial charge in [0.2, 0.25) is 0 Å². The zero-order valence-corrected chi connectivity index (χ0v) is 13.9. The van der Waals surface area contributed by atoms with Crippen LogP contribution in [0.4, 0.5) is 0 Å². The Kier molecular flexibility index (Phi) is 15.9. The van der Waals surface area contributed by atoms with Gasteiger partial charge in [-0.05, 0) is 12.8 Å². The van der Waals surface area contributed by atoms with E-state index in [0.29, 0.717) is 12.5 Å². The fourth-order valence-electron chi connectivity index (χ4n) is 1.38. The Balaban J connectivity index is 0. The van der Waals surface area contributed by atoms with Crippen LogP contribution >= 0.6 is 24.0 Å². The zero-order valence-electron chi connectivity index (χ0n) is 11.6. The van der Waals surface area contributed by atoms with Gasteiger partial charge in [-0.3, -0.25) is 4.99 Å². The number of nitrogens with zero attached hydrogens (tertiary/aromatic N) is 1. The number of rotatable bonds is 8. The fourth-order valence-corrected chi connectivity index (χ4v) is 1.38. The van der Waals surface area contributed by atoms with Crippen LogP contribution in [0.1, 0.15) is 33.6 Å². The number of ether oxygens (including phenoxy) is 1. The first-order valence-corrected chi connectivity index (χ1v) is 6.29. The number of methoxy groups -OCH3 is 1. The molecule has 0 aliphatic rings. The average Bonchev–Trinajstić information content (AvgIpc) is 2.30. The zero-order chi connectivity index (χ0) is 12.2. The summed E-state index contributed by atoms with van der Waals surface area (Å²) >= 11 is 0. The third-order valence-corrected chi connectivity index (χ3v) is 2.61. The molecule has 5 heteroatoms. The van der Waals surface area contributed by atoms with Gasteiger partial charge < -0.3 is 15.4 Å². The number of hydrogen-bond donors (Lipinski definition) is 2. The van der Waals surface area contributed by atoms with Gasteiger partial charge in [-0.2, -0.15) is 0 Å². The lowest BCUT2D eigenvalue weighted by Crippen LogP contribution is -2.39. The van der Waals surface area contributed by atoms with E-state index < -0.39 is 0 Å². The van der Waals surface area contributed by atoms with Gasteiger partial charge in [-0.25, -0.2) is 0 Å². The smallest absolute Gasteiger partial charge is 0.191 e. The number of hydrogen-bond acceptors (Lipinski definition) is 2. The van der Waals surface area contributed by atoms with E-state index in [1.54, 1.807) is 7.11 Å². The van der Waals surface area contributed by atoms with Gasteiger partial charge in [0.1, 0.15) is 0 Å². The number of aliphatic imine (C=N–C) groups is 1. The fraction of sp³-hybridized carbons (Fsp3) is 0.917. The largest absolute Gasteiger partial charge is 0.383 e. The maximum Gasteiger partial charge on any atom is 0.191 e. The topological polar surface area (TPSA) is 45.7 Å². The lowest BCUT2D eigenvalue weighted by Gasteiger charge is -2.13. The lowest BCUT2D eigenvalue weighted by molar-refractivity contribution is 0.203. The van der Waals surface area contributed by atoms with E-state index in [2.05, 4.69) is 36.4 Å². The molecule has 0 radical (unpaired) electrons. The first-order chi connectivity index (χ1) is 7.78. The number of nitrogens with one attached hydrogen (secondary N) is 2. The van der Waals surface area contributed by atoms with Crippen molar-refractivity contribution in [1.29, 1.82) is 0 Å². The maximum absolute atomic E-state index is 4.99. The van der Waals surface area contributed by atoms with Crippen LogP contribution in [-0.4, -0.2) is 39.3 Å². The van der Waals surface area contributed by atoms with E-state index >= 15 is 0 Å². The molecule has 4 nitrogen and oxygen atoms in total. The van der Waals surface area contributed by atoms with Crippen molar-refractivity contribution in [2.45, 2.75) is 33.6 Å². The summed E-state index contributed by atoms with van der Waals surface area (Å²) in [5.74, 6) is 1.59. The van der Waals surface area contributed by atoms with E-state index in [1.807, 2.05) is 0 Å². The first-order valence-electron chi connectivity index (χ1n) is 6.29. The maximum atomic E-state index is 4.99. The predicted octanol–water partition coefficient (Wildman–Crippen LogP) is 2.24. The van der Waals surface area contributed by atoms with Gasteiger partial charge in [0, 0.05) is 26.7 Å². The summed E-state index contributed by atoms with van der Waals surface area (Å²) < 4.78 is 4.99. The highest BCUT2D eigenvalue weighted by Gasteiger charge is 2.03. The minimum absolute atomic E-state index is 0. The van der Waals surface area contributed by atoms with Crippen LogP contribution in [0.15, 0.2) is 4.99 Å². The summed E-state index contributed by atoms with van der Waals surface area (Å²) in [5, 5.41) is 6.47. The molecule has 0 aliphatic carbocycles. The predicted molar refractivity (Wildman–Crippen MR) is 85.3 cm³/mol. The van der Waals surface area contributed by atoms with E-state index in [1.165, 1.54) is 12.8 Å². The summed E-state index contributed by atoms with van der Waals surface area (Å²) in [6.07, 6.45) is 2.38. The molecule has 2 N–H and O–H groups in total. The van der Waals surface area contributed by atoms with Crippen LogP contribution in [0.2, 0.25) is 0 Å². The molecule has 0 amide bonds. The summed E-state index contributed by atoms with van der Waals surface area (Å²) in [6, 6.07) is 0. The van der Waals surface area contributed by atoms with Crippen molar-refractivity contribution in [3.8, 4) is 0 Å². The van der Waals surface area contributed by atoms with Gasteiger partial charge >= 0.3 is 0 Å². The summed E-state index contributed by atoms with van der Waals surface area (Å²) in [4.78, 5) is 4.57. The van der Waals surface area contributed by atoms with Gasteiger partial charge in [0.25, 0.3) is 0 Å². The second-order valence-electron chi connectivity index (χ2n) is 3.82. The molecule has 0 heterocycles. The normalized spacial score (nSPS) is 11.2. The van der Waals surface area contributed by atoms with Crippen LogP contribution in [0.25, 0.3) is 0 Å². The minimum Gasteiger partial charge on any atom is -0.383 e. The van der Waals surface area contributed by atoms with E-state index in [9.17, 15) is 0 Å². The summed E-state index contributed by atoms with van der Waals surface area (Å²) in [5.41, 5.74) is 0. The van der Waals surface area contributed by atoms with Crippen LogP contribution in [-0.2, 0) is 4.74 Å². The number of guanidine groups is 1. The third kappa shape index (κ3) is 10.8. The average molecular weight is 357 g/mol. The van der Waals surface area contributed by atoms with Crippen molar-refractivity contribution in [2.24, 2.45) is 10.9 Å². The summed E-state index contributed by atoms with van der Waals surface area (Å²) in [6.45, 7) is 9.80. The van der Waals surface area contributed by atoms with Gasteiger partial charge in [0.15, 0.2) is 5.96 Å². The molecule has 0 unspecified atom stereocenters. The van der Waals surface area contributed by atoms with Gasteiger partial charge in [0.05, 0.1) is 6.61 Å². The van der Waals surface area contributed by atoms with Crippen molar-refractivity contribution in [3.63, 3.8) is 0 Å². The Morgan fingerprint density at radius 3 is 2.29 bits per heavy atom. The Bertz CT molecular complexity index is 185. The second-order valence-corrected chi connectivity index (χ2v) is 3.82. The molecule has 17 heavy (non-hydrogen) atoms. The monoisotopic (exact) mass is 357 g/mol. The van der Waals surface area contributed by atoms with Crippen molar-refractivity contribution >= 4 is 29.9 Å². The lowest BCUT2D eigenvalue weighted by atomic mass is 10.0. The van der Waals surface area contributed by atoms with Gasteiger partial charge in [-0.1, -0.05) is 26.7 Å². The van der Waals surface area contributed by atoms with Crippen LogP contribution in [0, 0.1) is 5.92 Å². The molecule has 104 valence electrons. The molecule has 0 aromatic heterocycles. The van der Waals surface area contributed by atoms with Crippen LogP contribution in [0.3, 0.4) is 0 Å². The van der Waals surface area contributed by atoms with E-state index in [0.717, 1.165) is 25.6 Å². The Labute approximate surface area is 123 Å². The van der Waals surface area contributed by atoms with E-state index in [-0.39, 0.29) is 24.0 Å². The molecule has 0 fully saturated rings. The first kappa shape index (κ1) is 19.3. The van der Waals surface area contributed by atoms with Gasteiger partial charge in [-0.15, -0.1) is 24.0 Å². The standard InChI is InChI=1S/C12H27N3O.HI/c1-5-11(6-2)10-15-12(13-7-3)14-8-9-16-4;/h11H,5-10H2,1-4H3,(H2,13,14,15);1H. The molecule has 0 atom stereocenters. The molecule has 0 aliphatic heterocycles. The quantitative estimate of drug-likeness (QED) is 0.303. The molecule has 0 aromatic rings. The highest BCUT2D eigenvalue weighted by molar-refractivity contribution is 14.0. The van der Waals surface area contributed by atoms with Crippen molar-refractivity contribution in [2.75, 3.05) is 33.4 Å². The molecule has 0 rings (SSSR count). The molecule has 0 saturated heterocycles. The SMILES string of the molecule is CCNC(=NCC(CC)CC)NCCOC.I. The minimum atomic E-state index is 0. The number of halogens is 1. The van der Waals surface area contributed by atoms with Crippen molar-refractivity contribution in [3.05, 3.63) is 0 Å². The Hall–Kier alpha value is -0.0400. The van der Waals surface area contributed by atoms with Crippen LogP contribution in [0.5, 0.6) is 0 Å². The van der Waals surface area contributed by atoms with E-state index in [4.69, 9.17) is 4.74 Å². The molecule has 0 bridgehead atoms. The highest BCUT2D eigenvalue weighted by Crippen LogP contribution is 2.06. The molecular formula is C12H28IN3O. The Morgan fingerprint density at radius 2 is 1.82 bits per heavy atom. The highest BCUT2D eigenvalue weighted by atomic mass is 127. The molecule has 0 spiro atoms. The summed E-state index contributed by atoms with van der Waals surface area (Å²) in [7, 11) is 1.70. The Morgan fingerprint density at radius 1 is 1.18 bits per heavy atom. The van der Waals surface area contributed by atoms with Crippen molar-refractivity contribution in [1.82, 2.24) is 10.6 Å². The molecular weight excluding hydrogens is 329 g/mol. The van der Waals surface area contributed by atoms with Crippen LogP contribution < -0.4 is 10.6 Å². The molecule has 0 saturated carbocycles. The third-order valence-electron chi connectivity index (χ3n) is 2.61.